The molecule has 0 aromatic heterocycles. The molecule has 132 valence electrons. The maximum absolute atomic E-state index is 5.78. The van der Waals surface area contributed by atoms with E-state index in [-0.39, 0.29) is 12.4 Å². The van der Waals surface area contributed by atoms with Crippen LogP contribution in [0.4, 0.5) is 0 Å². The van der Waals surface area contributed by atoms with Crippen molar-refractivity contribution in [3.05, 3.63) is 24.3 Å². The van der Waals surface area contributed by atoms with Crippen LogP contribution in [0.25, 0.3) is 0 Å². The molecule has 1 aliphatic rings. The van der Waals surface area contributed by atoms with E-state index in [4.69, 9.17) is 14.2 Å². The molecule has 0 amide bonds. The van der Waals surface area contributed by atoms with E-state index >= 15 is 0 Å². The molecule has 0 radical (unpaired) electrons. The number of benzene rings is 1. The molecular formula is C18H30ClNO3. The fourth-order valence-electron chi connectivity index (χ4n) is 2.47. The Kier molecular flexibility index (Phi) is 10.9. The zero-order valence-corrected chi connectivity index (χ0v) is 15.0. The van der Waals surface area contributed by atoms with Crippen LogP contribution in [0.15, 0.2) is 24.3 Å². The van der Waals surface area contributed by atoms with Crippen molar-refractivity contribution < 1.29 is 14.2 Å². The molecule has 4 nitrogen and oxygen atoms in total. The molecule has 5 heteroatoms. The summed E-state index contributed by atoms with van der Waals surface area (Å²) >= 11 is 0. The molecule has 1 saturated heterocycles. The SMILES string of the molecule is CCCCCCOc1ccc(OCCN2CCOCC2)cc1.Cl. The standard InChI is InChI=1S/C18H29NO3.ClH/c1-2-3-4-5-13-21-17-6-8-18(9-7-17)22-16-12-19-10-14-20-15-11-19;/h6-9H,2-5,10-16H2,1H3;1H. The van der Waals surface area contributed by atoms with Gasteiger partial charge in [-0.05, 0) is 30.7 Å². The maximum atomic E-state index is 5.78. The van der Waals surface area contributed by atoms with Gasteiger partial charge in [0.2, 0.25) is 0 Å². The van der Waals surface area contributed by atoms with Crippen molar-refractivity contribution in [3.63, 3.8) is 0 Å². The number of halogens is 1. The largest absolute Gasteiger partial charge is 0.494 e. The van der Waals surface area contributed by atoms with E-state index in [0.717, 1.165) is 64.0 Å². The minimum absolute atomic E-state index is 0. The van der Waals surface area contributed by atoms with Crippen molar-refractivity contribution in [2.24, 2.45) is 0 Å². The number of hydrogen-bond donors (Lipinski definition) is 0. The van der Waals surface area contributed by atoms with Crippen LogP contribution >= 0.6 is 12.4 Å². The van der Waals surface area contributed by atoms with Crippen LogP contribution in [-0.2, 0) is 4.74 Å². The van der Waals surface area contributed by atoms with Gasteiger partial charge in [0.25, 0.3) is 0 Å². The summed E-state index contributed by atoms with van der Waals surface area (Å²) < 4.78 is 16.8. The van der Waals surface area contributed by atoms with E-state index in [9.17, 15) is 0 Å². The van der Waals surface area contributed by atoms with Crippen molar-refractivity contribution >= 4 is 12.4 Å². The monoisotopic (exact) mass is 343 g/mol. The van der Waals surface area contributed by atoms with Crippen LogP contribution in [0.3, 0.4) is 0 Å². The summed E-state index contributed by atoms with van der Waals surface area (Å²) in [6.07, 6.45) is 4.93. The summed E-state index contributed by atoms with van der Waals surface area (Å²) in [5, 5.41) is 0. The second-order valence-corrected chi connectivity index (χ2v) is 5.68. The zero-order valence-electron chi connectivity index (χ0n) is 14.2. The summed E-state index contributed by atoms with van der Waals surface area (Å²) in [5.41, 5.74) is 0. The van der Waals surface area contributed by atoms with E-state index in [1.165, 1.54) is 19.3 Å². The molecule has 0 unspecified atom stereocenters. The van der Waals surface area contributed by atoms with Gasteiger partial charge in [0, 0.05) is 19.6 Å². The van der Waals surface area contributed by atoms with E-state index in [1.807, 2.05) is 24.3 Å². The number of hydrogen-bond acceptors (Lipinski definition) is 4. The van der Waals surface area contributed by atoms with Crippen LogP contribution in [0.1, 0.15) is 32.6 Å². The molecule has 0 saturated carbocycles. The molecule has 0 aliphatic carbocycles. The minimum Gasteiger partial charge on any atom is -0.494 e. The lowest BCUT2D eigenvalue weighted by atomic mass is 10.2. The number of rotatable bonds is 10. The predicted octanol–water partition coefficient (Wildman–Crippen LogP) is 3.78. The third kappa shape index (κ3) is 8.45. The van der Waals surface area contributed by atoms with Crippen LogP contribution in [0.2, 0.25) is 0 Å². The first-order valence-electron chi connectivity index (χ1n) is 8.54. The lowest BCUT2D eigenvalue weighted by Gasteiger charge is -2.26. The highest BCUT2D eigenvalue weighted by Gasteiger charge is 2.09. The molecule has 0 bridgehead atoms. The Bertz CT molecular complexity index is 394. The van der Waals surface area contributed by atoms with Crippen molar-refractivity contribution in [2.75, 3.05) is 46.1 Å². The molecule has 0 N–H and O–H groups in total. The van der Waals surface area contributed by atoms with Gasteiger partial charge in [0.15, 0.2) is 0 Å². The highest BCUT2D eigenvalue weighted by atomic mass is 35.5. The molecule has 0 atom stereocenters. The number of morpholine rings is 1. The van der Waals surface area contributed by atoms with Crippen LogP contribution in [0.5, 0.6) is 11.5 Å². The van der Waals surface area contributed by atoms with Crippen LogP contribution < -0.4 is 9.47 Å². The summed E-state index contributed by atoms with van der Waals surface area (Å²) in [6, 6.07) is 7.95. The quantitative estimate of drug-likeness (QED) is 0.605. The van der Waals surface area contributed by atoms with E-state index < -0.39 is 0 Å². The van der Waals surface area contributed by atoms with Gasteiger partial charge in [-0.3, -0.25) is 4.90 Å². The van der Waals surface area contributed by atoms with Gasteiger partial charge in [0.05, 0.1) is 19.8 Å². The molecule has 1 aromatic rings. The Labute approximate surface area is 146 Å². The van der Waals surface area contributed by atoms with E-state index in [0.29, 0.717) is 0 Å². The second-order valence-electron chi connectivity index (χ2n) is 5.68. The van der Waals surface area contributed by atoms with Crippen molar-refractivity contribution in [1.82, 2.24) is 4.90 Å². The number of ether oxygens (including phenoxy) is 3. The molecule has 0 spiro atoms. The third-order valence-electron chi connectivity index (χ3n) is 3.87. The molecular weight excluding hydrogens is 314 g/mol. The normalized spacial score (nSPS) is 15.0. The minimum atomic E-state index is 0. The molecule has 2 rings (SSSR count). The Balaban J connectivity index is 0.00000264. The van der Waals surface area contributed by atoms with Crippen LogP contribution in [-0.4, -0.2) is 51.0 Å². The second kappa shape index (κ2) is 12.5. The smallest absolute Gasteiger partial charge is 0.119 e. The average molecular weight is 344 g/mol. The fourth-order valence-corrected chi connectivity index (χ4v) is 2.47. The summed E-state index contributed by atoms with van der Waals surface area (Å²) in [4.78, 5) is 2.37. The van der Waals surface area contributed by atoms with E-state index in [1.54, 1.807) is 0 Å². The Hall–Kier alpha value is -0.970. The van der Waals surface area contributed by atoms with Crippen LogP contribution in [0, 0.1) is 0 Å². The van der Waals surface area contributed by atoms with Gasteiger partial charge in [-0.15, -0.1) is 12.4 Å². The Morgan fingerprint density at radius 3 is 2.13 bits per heavy atom. The molecule has 1 aromatic carbocycles. The summed E-state index contributed by atoms with van der Waals surface area (Å²) in [7, 11) is 0. The average Bonchev–Trinajstić information content (AvgIpc) is 2.57. The molecule has 1 aliphatic heterocycles. The van der Waals surface area contributed by atoms with Gasteiger partial charge >= 0.3 is 0 Å². The van der Waals surface area contributed by atoms with Gasteiger partial charge in [-0.1, -0.05) is 26.2 Å². The fraction of sp³-hybridized carbons (Fsp3) is 0.667. The molecule has 1 fully saturated rings. The number of unbranched alkanes of at least 4 members (excludes halogenated alkanes) is 3. The first-order chi connectivity index (χ1) is 10.9. The van der Waals surface area contributed by atoms with Gasteiger partial charge in [-0.2, -0.15) is 0 Å². The van der Waals surface area contributed by atoms with E-state index in [2.05, 4.69) is 11.8 Å². The van der Waals surface area contributed by atoms with Crippen molar-refractivity contribution in [1.29, 1.82) is 0 Å². The zero-order chi connectivity index (χ0) is 15.5. The van der Waals surface area contributed by atoms with Gasteiger partial charge in [0.1, 0.15) is 18.1 Å². The Morgan fingerprint density at radius 2 is 1.52 bits per heavy atom. The highest BCUT2D eigenvalue weighted by Crippen LogP contribution is 2.18. The lowest BCUT2D eigenvalue weighted by Crippen LogP contribution is -2.38. The highest BCUT2D eigenvalue weighted by molar-refractivity contribution is 5.85. The number of nitrogens with zero attached hydrogens (tertiary/aromatic N) is 1. The maximum Gasteiger partial charge on any atom is 0.119 e. The van der Waals surface area contributed by atoms with Crippen molar-refractivity contribution in [2.45, 2.75) is 32.6 Å². The topological polar surface area (TPSA) is 30.9 Å². The molecule has 23 heavy (non-hydrogen) atoms. The van der Waals surface area contributed by atoms with Gasteiger partial charge in [-0.25, -0.2) is 0 Å². The Morgan fingerprint density at radius 1 is 0.913 bits per heavy atom. The first kappa shape index (κ1) is 20.1. The predicted molar refractivity (Wildman–Crippen MR) is 96.1 cm³/mol. The lowest BCUT2D eigenvalue weighted by molar-refractivity contribution is 0.0322. The van der Waals surface area contributed by atoms with Crippen molar-refractivity contribution in [3.8, 4) is 11.5 Å². The summed E-state index contributed by atoms with van der Waals surface area (Å²) in [6.45, 7) is 8.39. The van der Waals surface area contributed by atoms with Gasteiger partial charge < -0.3 is 14.2 Å². The summed E-state index contributed by atoms with van der Waals surface area (Å²) in [5.74, 6) is 1.84. The molecule has 1 heterocycles. The first-order valence-corrected chi connectivity index (χ1v) is 8.54. The third-order valence-corrected chi connectivity index (χ3v) is 3.87.